The second kappa shape index (κ2) is 8.51. The lowest BCUT2D eigenvalue weighted by atomic mass is 10.0. The third-order valence-corrected chi connectivity index (χ3v) is 4.91. The van der Waals surface area contributed by atoms with E-state index in [0.29, 0.717) is 12.3 Å². The molecule has 1 aromatic heterocycles. The highest BCUT2D eigenvalue weighted by atomic mass is 79.9. The maximum atomic E-state index is 12.2. The molecule has 2 aromatic rings. The van der Waals surface area contributed by atoms with Crippen molar-refractivity contribution < 1.29 is 14.0 Å². The summed E-state index contributed by atoms with van der Waals surface area (Å²) in [6.07, 6.45) is 1.63. The smallest absolute Gasteiger partial charge is 0.287 e. The Morgan fingerprint density at radius 2 is 1.85 bits per heavy atom. The van der Waals surface area contributed by atoms with Gasteiger partial charge >= 0.3 is 0 Å². The van der Waals surface area contributed by atoms with Gasteiger partial charge in [-0.1, -0.05) is 15.9 Å². The normalized spacial score (nSPS) is 15.6. The van der Waals surface area contributed by atoms with Crippen LogP contribution in [0.1, 0.15) is 29.2 Å². The topological polar surface area (TPSA) is 74.6 Å². The number of likely N-dealkylation sites (tertiary alicyclic amines) is 1. The first-order valence-corrected chi connectivity index (χ1v) is 9.44. The molecule has 7 heteroatoms. The summed E-state index contributed by atoms with van der Waals surface area (Å²) in [5.74, 6) is 0.867. The van der Waals surface area contributed by atoms with Gasteiger partial charge in [0.2, 0.25) is 5.91 Å². The third-order valence-electron chi connectivity index (χ3n) is 4.38. The first-order chi connectivity index (χ1) is 12.5. The van der Waals surface area contributed by atoms with Gasteiger partial charge in [0.15, 0.2) is 5.76 Å². The zero-order valence-corrected chi connectivity index (χ0v) is 16.2. The average Bonchev–Trinajstić information content (AvgIpc) is 3.05. The van der Waals surface area contributed by atoms with Crippen LogP contribution in [0.4, 0.5) is 5.69 Å². The van der Waals surface area contributed by atoms with E-state index in [1.807, 2.05) is 31.2 Å². The number of piperidine rings is 1. The molecule has 1 aliphatic heterocycles. The van der Waals surface area contributed by atoms with Crippen molar-refractivity contribution in [3.8, 4) is 0 Å². The van der Waals surface area contributed by atoms with E-state index >= 15 is 0 Å². The van der Waals surface area contributed by atoms with Gasteiger partial charge in [-0.3, -0.25) is 14.5 Å². The number of nitrogens with zero attached hydrogens (tertiary/aromatic N) is 1. The SMILES string of the molecule is Cc1ccc(C(=O)NC2CCN(CC(=O)Nc3ccc(Br)cc3)CC2)o1. The zero-order chi connectivity index (χ0) is 18.5. The number of nitrogens with one attached hydrogen (secondary N) is 2. The Bertz CT molecular complexity index is 765. The van der Waals surface area contributed by atoms with E-state index in [2.05, 4.69) is 31.5 Å². The predicted octanol–water partition coefficient (Wildman–Crippen LogP) is 3.18. The minimum Gasteiger partial charge on any atom is -0.456 e. The van der Waals surface area contributed by atoms with E-state index in [9.17, 15) is 9.59 Å². The van der Waals surface area contributed by atoms with E-state index < -0.39 is 0 Å². The van der Waals surface area contributed by atoms with E-state index in [0.717, 1.165) is 41.9 Å². The van der Waals surface area contributed by atoms with Crippen LogP contribution in [-0.4, -0.2) is 42.4 Å². The number of rotatable bonds is 5. The van der Waals surface area contributed by atoms with Crippen LogP contribution in [0.3, 0.4) is 0 Å². The molecule has 0 saturated carbocycles. The molecule has 2 amide bonds. The van der Waals surface area contributed by atoms with Gasteiger partial charge in [0.25, 0.3) is 5.91 Å². The fourth-order valence-electron chi connectivity index (χ4n) is 2.99. The molecule has 1 saturated heterocycles. The van der Waals surface area contributed by atoms with Crippen LogP contribution in [0.25, 0.3) is 0 Å². The molecular formula is C19H22BrN3O3. The summed E-state index contributed by atoms with van der Waals surface area (Å²) in [4.78, 5) is 26.4. The molecule has 26 heavy (non-hydrogen) atoms. The van der Waals surface area contributed by atoms with Crippen molar-refractivity contribution in [3.63, 3.8) is 0 Å². The molecule has 3 rings (SSSR count). The van der Waals surface area contributed by atoms with Gasteiger partial charge in [-0.05, 0) is 56.2 Å². The second-order valence-corrected chi connectivity index (χ2v) is 7.40. The molecule has 2 heterocycles. The summed E-state index contributed by atoms with van der Waals surface area (Å²) >= 11 is 3.37. The summed E-state index contributed by atoms with van der Waals surface area (Å²) in [7, 11) is 0. The largest absolute Gasteiger partial charge is 0.456 e. The van der Waals surface area contributed by atoms with Crippen molar-refractivity contribution >= 4 is 33.4 Å². The maximum absolute atomic E-state index is 12.2. The summed E-state index contributed by atoms with van der Waals surface area (Å²) in [6.45, 7) is 3.72. The Hall–Kier alpha value is -2.12. The number of hydrogen-bond donors (Lipinski definition) is 2. The molecule has 6 nitrogen and oxygen atoms in total. The van der Waals surface area contributed by atoms with Crippen LogP contribution in [0.2, 0.25) is 0 Å². The van der Waals surface area contributed by atoms with Crippen LogP contribution in [0, 0.1) is 6.92 Å². The average molecular weight is 420 g/mol. The number of benzene rings is 1. The number of furan rings is 1. The van der Waals surface area contributed by atoms with Gasteiger partial charge in [-0.25, -0.2) is 0 Å². The lowest BCUT2D eigenvalue weighted by molar-refractivity contribution is -0.117. The number of anilines is 1. The maximum Gasteiger partial charge on any atom is 0.287 e. The van der Waals surface area contributed by atoms with Crippen LogP contribution in [-0.2, 0) is 4.79 Å². The molecule has 2 N–H and O–H groups in total. The van der Waals surface area contributed by atoms with Gasteiger partial charge in [0, 0.05) is 29.3 Å². The van der Waals surface area contributed by atoms with Crippen LogP contribution >= 0.6 is 15.9 Å². The van der Waals surface area contributed by atoms with Crippen molar-refractivity contribution in [2.24, 2.45) is 0 Å². The summed E-state index contributed by atoms with van der Waals surface area (Å²) < 4.78 is 6.32. The monoisotopic (exact) mass is 419 g/mol. The summed E-state index contributed by atoms with van der Waals surface area (Å²) in [5.41, 5.74) is 0.786. The fourth-order valence-corrected chi connectivity index (χ4v) is 3.25. The number of aryl methyl sites for hydroxylation is 1. The van der Waals surface area contributed by atoms with E-state index in [1.54, 1.807) is 12.1 Å². The third kappa shape index (κ3) is 5.19. The fraction of sp³-hybridized carbons (Fsp3) is 0.368. The molecule has 0 aliphatic carbocycles. The molecule has 0 spiro atoms. The van der Waals surface area contributed by atoms with Crippen molar-refractivity contribution in [1.29, 1.82) is 0 Å². The molecule has 138 valence electrons. The van der Waals surface area contributed by atoms with Gasteiger partial charge in [-0.2, -0.15) is 0 Å². The van der Waals surface area contributed by atoms with Gasteiger partial charge in [0.05, 0.1) is 6.54 Å². The standard InChI is InChI=1S/C19H22BrN3O3/c1-13-2-7-17(26-13)19(25)22-16-8-10-23(11-9-16)12-18(24)21-15-5-3-14(20)4-6-15/h2-7,16H,8-12H2,1H3,(H,21,24)(H,22,25). The molecule has 0 atom stereocenters. The minimum atomic E-state index is -0.176. The molecule has 0 radical (unpaired) electrons. The highest BCUT2D eigenvalue weighted by Gasteiger charge is 2.23. The van der Waals surface area contributed by atoms with Gasteiger partial charge < -0.3 is 15.1 Å². The summed E-state index contributed by atoms with van der Waals surface area (Å²) in [6, 6.07) is 11.1. The van der Waals surface area contributed by atoms with Crippen LogP contribution < -0.4 is 10.6 Å². The number of amides is 2. The molecule has 1 aromatic carbocycles. The van der Waals surface area contributed by atoms with Crippen molar-refractivity contribution in [3.05, 3.63) is 52.4 Å². The van der Waals surface area contributed by atoms with Gasteiger partial charge in [0.1, 0.15) is 5.76 Å². The first-order valence-electron chi connectivity index (χ1n) is 8.64. The van der Waals surface area contributed by atoms with Crippen LogP contribution in [0.5, 0.6) is 0 Å². The Kier molecular flexibility index (Phi) is 6.11. The quantitative estimate of drug-likeness (QED) is 0.780. The highest BCUT2D eigenvalue weighted by molar-refractivity contribution is 9.10. The molecule has 0 unspecified atom stereocenters. The minimum absolute atomic E-state index is 0.0270. The molecular weight excluding hydrogens is 398 g/mol. The summed E-state index contributed by atoms with van der Waals surface area (Å²) in [5, 5.41) is 5.90. The Morgan fingerprint density at radius 1 is 1.15 bits per heavy atom. The number of carbonyl (C=O) groups is 2. The second-order valence-electron chi connectivity index (χ2n) is 6.49. The van der Waals surface area contributed by atoms with Crippen molar-refractivity contribution in [1.82, 2.24) is 10.2 Å². The van der Waals surface area contributed by atoms with Gasteiger partial charge in [-0.15, -0.1) is 0 Å². The van der Waals surface area contributed by atoms with E-state index in [4.69, 9.17) is 4.42 Å². The lowest BCUT2D eigenvalue weighted by Crippen LogP contribution is -2.46. The zero-order valence-electron chi connectivity index (χ0n) is 14.6. The lowest BCUT2D eigenvalue weighted by Gasteiger charge is -2.31. The number of halogens is 1. The number of carbonyl (C=O) groups excluding carboxylic acids is 2. The Labute approximate surface area is 161 Å². The van der Waals surface area contributed by atoms with Crippen LogP contribution in [0.15, 0.2) is 45.3 Å². The molecule has 1 fully saturated rings. The Morgan fingerprint density at radius 3 is 2.46 bits per heavy atom. The molecule has 0 bridgehead atoms. The highest BCUT2D eigenvalue weighted by Crippen LogP contribution is 2.15. The van der Waals surface area contributed by atoms with Crippen molar-refractivity contribution in [2.45, 2.75) is 25.8 Å². The first kappa shape index (κ1) is 18.7. The van der Waals surface area contributed by atoms with E-state index in [-0.39, 0.29) is 17.9 Å². The number of hydrogen-bond acceptors (Lipinski definition) is 4. The van der Waals surface area contributed by atoms with Crippen molar-refractivity contribution in [2.75, 3.05) is 25.0 Å². The molecule has 1 aliphatic rings. The predicted molar refractivity (Wildman–Crippen MR) is 103 cm³/mol. The Balaban J connectivity index is 1.41. The van der Waals surface area contributed by atoms with E-state index in [1.165, 1.54) is 0 Å².